The maximum atomic E-state index is 11.7. The Morgan fingerprint density at radius 2 is 2.15 bits per heavy atom. The van der Waals surface area contributed by atoms with Crippen molar-refractivity contribution >= 4 is 23.7 Å². The van der Waals surface area contributed by atoms with Gasteiger partial charge in [0.2, 0.25) is 11.8 Å². The molecule has 0 unspecified atom stereocenters. The number of aromatic nitrogens is 1. The van der Waals surface area contributed by atoms with Gasteiger partial charge in [-0.05, 0) is 23.8 Å². The summed E-state index contributed by atoms with van der Waals surface area (Å²) in [4.78, 5) is 37.7. The molecular formula is C17H17N5O5. The molecule has 1 heterocycles. The zero-order valence-corrected chi connectivity index (χ0v) is 14.4. The molecule has 1 aromatic heterocycles. The lowest BCUT2D eigenvalue weighted by Gasteiger charge is -2.04. The van der Waals surface area contributed by atoms with Crippen LogP contribution in [0.1, 0.15) is 17.5 Å². The molecule has 140 valence electrons. The summed E-state index contributed by atoms with van der Waals surface area (Å²) in [6.07, 6.45) is 4.06. The van der Waals surface area contributed by atoms with Crippen LogP contribution in [0.15, 0.2) is 47.8 Å². The van der Waals surface area contributed by atoms with Gasteiger partial charge < -0.3 is 10.1 Å². The lowest BCUT2D eigenvalue weighted by molar-refractivity contribution is -0.385. The molecule has 10 heteroatoms. The molecule has 2 rings (SSSR count). The fourth-order valence-electron chi connectivity index (χ4n) is 2.06. The van der Waals surface area contributed by atoms with Crippen molar-refractivity contribution in [1.82, 2.24) is 15.7 Å². The van der Waals surface area contributed by atoms with Crippen LogP contribution in [0.25, 0.3) is 0 Å². The number of nitro benzene ring substituents is 1. The second-order valence-electron chi connectivity index (χ2n) is 5.30. The van der Waals surface area contributed by atoms with E-state index in [1.807, 2.05) is 0 Å². The Kier molecular flexibility index (Phi) is 6.94. The average Bonchev–Trinajstić information content (AvgIpc) is 2.67. The molecule has 27 heavy (non-hydrogen) atoms. The van der Waals surface area contributed by atoms with E-state index in [1.165, 1.54) is 25.5 Å². The van der Waals surface area contributed by atoms with E-state index in [0.717, 1.165) is 5.56 Å². The number of ether oxygens (including phenoxy) is 1. The Morgan fingerprint density at radius 3 is 2.81 bits per heavy atom. The van der Waals surface area contributed by atoms with Gasteiger partial charge in [0.25, 0.3) is 0 Å². The lowest BCUT2D eigenvalue weighted by Crippen LogP contribution is -2.29. The molecule has 0 bridgehead atoms. The highest BCUT2D eigenvalue weighted by Gasteiger charge is 2.14. The van der Waals surface area contributed by atoms with Gasteiger partial charge in [0.1, 0.15) is 6.42 Å². The summed E-state index contributed by atoms with van der Waals surface area (Å²) in [6.45, 7) is 0.263. The van der Waals surface area contributed by atoms with Crippen LogP contribution in [-0.2, 0) is 16.1 Å². The number of nitrogens with one attached hydrogen (secondary N) is 2. The number of rotatable bonds is 8. The quantitative estimate of drug-likeness (QED) is 0.309. The van der Waals surface area contributed by atoms with E-state index in [1.54, 1.807) is 30.6 Å². The molecule has 0 spiro atoms. The van der Waals surface area contributed by atoms with Crippen LogP contribution in [0.2, 0.25) is 0 Å². The second kappa shape index (κ2) is 9.61. The van der Waals surface area contributed by atoms with Crippen molar-refractivity contribution in [2.24, 2.45) is 5.10 Å². The first-order chi connectivity index (χ1) is 13.0. The summed E-state index contributed by atoms with van der Waals surface area (Å²) in [5.74, 6) is -0.962. The van der Waals surface area contributed by atoms with Crippen molar-refractivity contribution < 1.29 is 19.2 Å². The van der Waals surface area contributed by atoms with Crippen LogP contribution in [0, 0.1) is 10.1 Å². The van der Waals surface area contributed by atoms with Crippen LogP contribution in [0.4, 0.5) is 5.69 Å². The minimum Gasteiger partial charge on any atom is -0.490 e. The molecule has 0 atom stereocenters. The number of nitrogens with zero attached hydrogens (tertiary/aromatic N) is 3. The van der Waals surface area contributed by atoms with E-state index >= 15 is 0 Å². The number of amides is 2. The number of hydrogen-bond donors (Lipinski definition) is 2. The fourth-order valence-corrected chi connectivity index (χ4v) is 2.06. The van der Waals surface area contributed by atoms with Crippen molar-refractivity contribution in [2.45, 2.75) is 13.0 Å². The number of nitro groups is 1. The molecule has 10 nitrogen and oxygen atoms in total. The third kappa shape index (κ3) is 6.20. The van der Waals surface area contributed by atoms with Crippen molar-refractivity contribution in [2.75, 3.05) is 7.11 Å². The van der Waals surface area contributed by atoms with E-state index in [9.17, 15) is 19.7 Å². The molecule has 0 saturated carbocycles. The predicted octanol–water partition coefficient (Wildman–Crippen LogP) is 1.15. The standard InChI is InChI=1S/C17H17N5O5/c1-27-15-5-4-12(7-14(15)22(25)26)11-20-21-17(24)8-16(23)19-10-13-3-2-6-18-9-13/h2-7,9,11H,8,10H2,1H3,(H,19,23)(H,21,24). The maximum Gasteiger partial charge on any atom is 0.311 e. The smallest absolute Gasteiger partial charge is 0.311 e. The van der Waals surface area contributed by atoms with Crippen LogP contribution in [-0.4, -0.2) is 35.0 Å². The highest BCUT2D eigenvalue weighted by molar-refractivity contribution is 5.97. The first-order valence-electron chi connectivity index (χ1n) is 7.79. The number of hydrazone groups is 1. The summed E-state index contributed by atoms with van der Waals surface area (Å²) in [5, 5.41) is 17.2. The van der Waals surface area contributed by atoms with Crippen LogP contribution in [0.3, 0.4) is 0 Å². The Bertz CT molecular complexity index is 854. The van der Waals surface area contributed by atoms with Crippen molar-refractivity contribution in [3.63, 3.8) is 0 Å². The SMILES string of the molecule is COc1ccc(C=NNC(=O)CC(=O)NCc2cccnc2)cc1[N+](=O)[O-]. The van der Waals surface area contributed by atoms with Gasteiger partial charge in [0.15, 0.2) is 5.75 Å². The molecule has 0 aliphatic rings. The Labute approximate surface area is 154 Å². The van der Waals surface area contributed by atoms with Crippen molar-refractivity contribution in [3.8, 4) is 5.75 Å². The number of carbonyl (C=O) groups excluding carboxylic acids is 2. The van der Waals surface area contributed by atoms with Crippen LogP contribution < -0.4 is 15.5 Å². The molecule has 2 amide bonds. The molecule has 0 radical (unpaired) electrons. The summed E-state index contributed by atoms with van der Waals surface area (Å²) in [6, 6.07) is 7.77. The zero-order valence-electron chi connectivity index (χ0n) is 14.4. The van der Waals surface area contributed by atoms with Gasteiger partial charge in [-0.1, -0.05) is 6.07 Å². The van der Waals surface area contributed by atoms with E-state index in [2.05, 4.69) is 20.8 Å². The Hall–Kier alpha value is -3.82. The molecule has 0 saturated heterocycles. The molecule has 0 aliphatic carbocycles. The number of carbonyl (C=O) groups is 2. The summed E-state index contributed by atoms with van der Waals surface area (Å²) < 4.78 is 4.90. The average molecular weight is 371 g/mol. The predicted molar refractivity (Wildman–Crippen MR) is 96.1 cm³/mol. The van der Waals surface area contributed by atoms with E-state index in [-0.39, 0.29) is 18.0 Å². The molecule has 2 N–H and O–H groups in total. The van der Waals surface area contributed by atoms with Gasteiger partial charge in [0, 0.05) is 30.6 Å². The summed E-state index contributed by atoms with van der Waals surface area (Å²) >= 11 is 0. The van der Waals surface area contributed by atoms with Gasteiger partial charge in [-0.15, -0.1) is 0 Å². The number of benzene rings is 1. The topological polar surface area (TPSA) is 136 Å². The van der Waals surface area contributed by atoms with Gasteiger partial charge in [-0.3, -0.25) is 24.7 Å². The largest absolute Gasteiger partial charge is 0.490 e. The molecule has 0 aliphatic heterocycles. The summed E-state index contributed by atoms with van der Waals surface area (Å²) in [7, 11) is 1.33. The number of pyridine rings is 1. The first-order valence-corrected chi connectivity index (χ1v) is 7.79. The van der Waals surface area contributed by atoms with Gasteiger partial charge >= 0.3 is 5.69 Å². The fraction of sp³-hybridized carbons (Fsp3) is 0.176. The van der Waals surface area contributed by atoms with Gasteiger partial charge in [-0.25, -0.2) is 5.43 Å². The Morgan fingerprint density at radius 1 is 1.33 bits per heavy atom. The first kappa shape index (κ1) is 19.5. The van der Waals surface area contributed by atoms with Crippen LogP contribution in [0.5, 0.6) is 5.75 Å². The highest BCUT2D eigenvalue weighted by atomic mass is 16.6. The van der Waals surface area contributed by atoms with Gasteiger partial charge in [-0.2, -0.15) is 5.10 Å². The Balaban J connectivity index is 1.83. The van der Waals surface area contributed by atoms with Crippen molar-refractivity contribution in [3.05, 3.63) is 64.0 Å². The lowest BCUT2D eigenvalue weighted by atomic mass is 10.2. The van der Waals surface area contributed by atoms with Crippen LogP contribution >= 0.6 is 0 Å². The molecular weight excluding hydrogens is 354 g/mol. The third-order valence-corrected chi connectivity index (χ3v) is 3.34. The van der Waals surface area contributed by atoms with E-state index < -0.39 is 23.2 Å². The zero-order chi connectivity index (χ0) is 19.6. The summed E-state index contributed by atoms with van der Waals surface area (Å²) in [5.41, 5.74) is 3.18. The second-order valence-corrected chi connectivity index (χ2v) is 5.30. The normalized spacial score (nSPS) is 10.4. The molecule has 2 aromatic rings. The van der Waals surface area contributed by atoms with Crippen molar-refractivity contribution in [1.29, 1.82) is 0 Å². The van der Waals surface area contributed by atoms with Gasteiger partial charge in [0.05, 0.1) is 18.2 Å². The monoisotopic (exact) mass is 371 g/mol. The minimum atomic E-state index is -0.613. The number of methoxy groups -OCH3 is 1. The minimum absolute atomic E-state index is 0.117. The highest BCUT2D eigenvalue weighted by Crippen LogP contribution is 2.26. The van der Waals surface area contributed by atoms with E-state index in [4.69, 9.17) is 4.74 Å². The molecule has 0 fully saturated rings. The van der Waals surface area contributed by atoms with E-state index in [0.29, 0.717) is 5.56 Å². The number of hydrogen-bond acceptors (Lipinski definition) is 7. The third-order valence-electron chi connectivity index (χ3n) is 3.34. The molecule has 1 aromatic carbocycles. The maximum absolute atomic E-state index is 11.7.